The van der Waals surface area contributed by atoms with E-state index in [1.165, 1.54) is 0 Å². The molecule has 7 nitrogen and oxygen atoms in total. The first-order chi connectivity index (χ1) is 15.1. The highest BCUT2D eigenvalue weighted by molar-refractivity contribution is 9.10. The van der Waals surface area contributed by atoms with Crippen LogP contribution < -0.4 is 4.72 Å². The molecule has 2 aromatic rings. The van der Waals surface area contributed by atoms with Crippen LogP contribution in [0.15, 0.2) is 28.7 Å². The van der Waals surface area contributed by atoms with E-state index in [0.717, 1.165) is 24.5 Å². The number of esters is 1. The second kappa shape index (κ2) is 9.95. The molecule has 0 saturated carbocycles. The first-order valence-corrected chi connectivity index (χ1v) is 12.9. The van der Waals surface area contributed by atoms with Crippen LogP contribution in [0.3, 0.4) is 0 Å². The molecular formula is C24H30BrNO6S. The Morgan fingerprint density at radius 3 is 2.03 bits per heavy atom. The van der Waals surface area contributed by atoms with E-state index in [-0.39, 0.29) is 5.69 Å². The molecule has 180 valence electrons. The van der Waals surface area contributed by atoms with Gasteiger partial charge in [0.05, 0.1) is 24.7 Å². The van der Waals surface area contributed by atoms with Crippen LogP contribution in [0.2, 0.25) is 0 Å². The van der Waals surface area contributed by atoms with Crippen LogP contribution in [0.5, 0.6) is 0 Å². The topological polar surface area (TPSA) is 98.8 Å². The maximum absolute atomic E-state index is 13.2. The number of hydrogen-bond donors (Lipinski definition) is 1. The standard InChI is InChI=1S/C24H30BrNO6S/c1-13-9-11-16(12-10-13)17-14(2)19(25)20(26-33(8,29)30)15(3)18(17)22(32-24(4,5)6)21(27)23(28)31-7/h9-12,22,26H,1-8H3/t22-/m0/s1. The van der Waals surface area contributed by atoms with Gasteiger partial charge in [-0.25, -0.2) is 13.2 Å². The molecule has 0 aliphatic heterocycles. The number of hydrogen-bond acceptors (Lipinski definition) is 6. The van der Waals surface area contributed by atoms with Gasteiger partial charge in [-0.1, -0.05) is 29.8 Å². The average molecular weight is 540 g/mol. The normalized spacial score (nSPS) is 12.9. The summed E-state index contributed by atoms with van der Waals surface area (Å²) >= 11 is 3.53. The van der Waals surface area contributed by atoms with Crippen molar-refractivity contribution in [1.29, 1.82) is 0 Å². The smallest absolute Gasteiger partial charge is 0.377 e. The molecule has 0 radical (unpaired) electrons. The number of benzene rings is 2. The summed E-state index contributed by atoms with van der Waals surface area (Å²) in [6, 6.07) is 7.69. The largest absolute Gasteiger partial charge is 0.463 e. The van der Waals surface area contributed by atoms with Crippen LogP contribution in [0.1, 0.15) is 49.1 Å². The summed E-state index contributed by atoms with van der Waals surface area (Å²) in [5, 5.41) is 0. The summed E-state index contributed by atoms with van der Waals surface area (Å²) < 4.78 is 38.1. The molecule has 0 amide bonds. The first kappa shape index (κ1) is 27.0. The van der Waals surface area contributed by atoms with Gasteiger partial charge in [0.1, 0.15) is 0 Å². The third kappa shape index (κ3) is 6.43. The monoisotopic (exact) mass is 539 g/mol. The van der Waals surface area contributed by atoms with Crippen molar-refractivity contribution in [3.8, 4) is 11.1 Å². The van der Waals surface area contributed by atoms with Gasteiger partial charge >= 0.3 is 5.97 Å². The van der Waals surface area contributed by atoms with Gasteiger partial charge in [-0.2, -0.15) is 0 Å². The molecule has 2 aromatic carbocycles. The fourth-order valence-corrected chi connectivity index (χ4v) is 4.87. The Labute approximate surface area is 204 Å². The van der Waals surface area contributed by atoms with Crippen LogP contribution in [0.4, 0.5) is 5.69 Å². The van der Waals surface area contributed by atoms with Crippen LogP contribution in [0.25, 0.3) is 11.1 Å². The number of ether oxygens (including phenoxy) is 2. The Hall–Kier alpha value is -2.23. The number of Topliss-reactive ketones (excluding diaryl/α,β-unsaturated/α-hetero) is 1. The Morgan fingerprint density at radius 2 is 1.58 bits per heavy atom. The lowest BCUT2D eigenvalue weighted by molar-refractivity contribution is -0.162. The van der Waals surface area contributed by atoms with Crippen molar-refractivity contribution in [3.63, 3.8) is 0 Å². The van der Waals surface area contributed by atoms with E-state index >= 15 is 0 Å². The fraction of sp³-hybridized carbons (Fsp3) is 0.417. The van der Waals surface area contributed by atoms with Crippen LogP contribution in [-0.2, 0) is 29.1 Å². The quantitative estimate of drug-likeness (QED) is 0.392. The lowest BCUT2D eigenvalue weighted by Crippen LogP contribution is -2.33. The van der Waals surface area contributed by atoms with Gasteiger partial charge in [0.15, 0.2) is 6.10 Å². The molecule has 0 saturated heterocycles. The highest BCUT2D eigenvalue weighted by Gasteiger charge is 2.37. The zero-order chi connectivity index (χ0) is 25.3. The zero-order valence-electron chi connectivity index (χ0n) is 20.1. The number of methoxy groups -OCH3 is 1. The number of rotatable bonds is 7. The van der Waals surface area contributed by atoms with Gasteiger partial charge in [0.25, 0.3) is 5.78 Å². The fourth-order valence-electron chi connectivity index (χ4n) is 3.52. The van der Waals surface area contributed by atoms with E-state index < -0.39 is 33.5 Å². The predicted molar refractivity (Wildman–Crippen MR) is 133 cm³/mol. The first-order valence-electron chi connectivity index (χ1n) is 10.2. The predicted octanol–water partition coefficient (Wildman–Crippen LogP) is 5.01. The number of ketones is 1. The van der Waals surface area contributed by atoms with E-state index in [2.05, 4.69) is 20.7 Å². The van der Waals surface area contributed by atoms with E-state index in [1.807, 2.05) is 38.1 Å². The van der Waals surface area contributed by atoms with Crippen molar-refractivity contribution in [3.05, 3.63) is 51.0 Å². The molecule has 0 bridgehead atoms. The van der Waals surface area contributed by atoms with Crippen molar-refractivity contribution in [2.75, 3.05) is 18.1 Å². The minimum absolute atomic E-state index is 0.279. The number of carbonyl (C=O) groups is 2. The molecule has 0 fully saturated rings. The number of aryl methyl sites for hydroxylation is 1. The third-order valence-electron chi connectivity index (χ3n) is 4.96. The molecule has 0 aliphatic carbocycles. The molecule has 9 heteroatoms. The highest BCUT2D eigenvalue weighted by atomic mass is 79.9. The summed E-state index contributed by atoms with van der Waals surface area (Å²) in [7, 11) is -2.51. The van der Waals surface area contributed by atoms with Crippen LogP contribution in [-0.4, -0.2) is 39.1 Å². The molecule has 0 heterocycles. The average Bonchev–Trinajstić information content (AvgIpc) is 2.70. The maximum atomic E-state index is 13.2. The molecule has 0 unspecified atom stereocenters. The van der Waals surface area contributed by atoms with Gasteiger partial charge in [0.2, 0.25) is 10.0 Å². The third-order valence-corrected chi connectivity index (χ3v) is 6.52. The van der Waals surface area contributed by atoms with Gasteiger partial charge in [0, 0.05) is 10.0 Å². The lowest BCUT2D eigenvalue weighted by atomic mass is 9.86. The van der Waals surface area contributed by atoms with Crippen molar-refractivity contribution in [1.82, 2.24) is 0 Å². The van der Waals surface area contributed by atoms with Crippen molar-refractivity contribution in [2.45, 2.75) is 53.2 Å². The number of anilines is 1. The Bertz CT molecular complexity index is 1180. The molecule has 2 rings (SSSR count). The maximum Gasteiger partial charge on any atom is 0.377 e. The molecule has 1 N–H and O–H groups in total. The van der Waals surface area contributed by atoms with Gasteiger partial charge in [-0.05, 0) is 79.7 Å². The minimum Gasteiger partial charge on any atom is -0.463 e. The number of carbonyl (C=O) groups excluding carboxylic acids is 2. The van der Waals surface area contributed by atoms with E-state index in [4.69, 9.17) is 9.47 Å². The summed E-state index contributed by atoms with van der Waals surface area (Å²) in [5.74, 6) is -1.92. The molecule has 0 aliphatic rings. The van der Waals surface area contributed by atoms with Crippen molar-refractivity contribution >= 4 is 43.4 Å². The van der Waals surface area contributed by atoms with E-state index in [9.17, 15) is 18.0 Å². The summed E-state index contributed by atoms with van der Waals surface area (Å²) in [6.45, 7) is 10.8. The molecule has 0 aromatic heterocycles. The summed E-state index contributed by atoms with van der Waals surface area (Å²) in [6.07, 6.45) is -0.273. The Kier molecular flexibility index (Phi) is 8.14. The molecule has 0 spiro atoms. The van der Waals surface area contributed by atoms with Crippen molar-refractivity contribution < 1.29 is 27.5 Å². The summed E-state index contributed by atoms with van der Waals surface area (Å²) in [5.41, 5.74) is 3.55. The van der Waals surface area contributed by atoms with Crippen molar-refractivity contribution in [2.24, 2.45) is 0 Å². The van der Waals surface area contributed by atoms with E-state index in [1.54, 1.807) is 27.7 Å². The molecule has 1 atom stereocenters. The second-order valence-electron chi connectivity index (χ2n) is 8.93. The molecule has 33 heavy (non-hydrogen) atoms. The number of nitrogens with one attached hydrogen (secondary N) is 1. The minimum atomic E-state index is -3.64. The van der Waals surface area contributed by atoms with Gasteiger partial charge in [-0.15, -0.1) is 0 Å². The van der Waals surface area contributed by atoms with Crippen LogP contribution >= 0.6 is 15.9 Å². The zero-order valence-corrected chi connectivity index (χ0v) is 22.5. The van der Waals surface area contributed by atoms with Gasteiger partial charge < -0.3 is 9.47 Å². The highest BCUT2D eigenvalue weighted by Crippen LogP contribution is 2.45. The number of halogens is 1. The molecular weight excluding hydrogens is 510 g/mol. The Balaban J connectivity index is 3.02. The van der Waals surface area contributed by atoms with E-state index in [0.29, 0.717) is 26.7 Å². The van der Waals surface area contributed by atoms with Crippen LogP contribution in [0, 0.1) is 20.8 Å². The lowest BCUT2D eigenvalue weighted by Gasteiger charge is -2.31. The number of sulfonamides is 1. The Morgan fingerprint density at radius 1 is 1.03 bits per heavy atom. The van der Waals surface area contributed by atoms with Gasteiger partial charge in [-0.3, -0.25) is 9.52 Å². The SMILES string of the molecule is COC(=O)C(=O)[C@@H](OC(C)(C)C)c1c(C)c(NS(C)(=O)=O)c(Br)c(C)c1-c1ccc(C)cc1. The second-order valence-corrected chi connectivity index (χ2v) is 11.5. The summed E-state index contributed by atoms with van der Waals surface area (Å²) in [4.78, 5) is 25.5.